The molecule has 5 nitrogen and oxygen atoms in total. The number of amides is 1. The number of benzene rings is 1. The molecule has 0 radical (unpaired) electrons. The number of rotatable bonds is 7. The van der Waals surface area contributed by atoms with Gasteiger partial charge in [0, 0.05) is 12.6 Å². The lowest BCUT2D eigenvalue weighted by Crippen LogP contribution is -2.33. The van der Waals surface area contributed by atoms with E-state index in [1.807, 2.05) is 4.57 Å². The molecule has 1 heterocycles. The Balaban J connectivity index is 1.63. The first-order chi connectivity index (χ1) is 12.2. The zero-order chi connectivity index (χ0) is 17.6. The fraction of sp³-hybridized carbons (Fsp3) is 0.474. The Morgan fingerprint density at radius 2 is 2.04 bits per heavy atom. The van der Waals surface area contributed by atoms with E-state index in [1.54, 1.807) is 6.20 Å². The SMILES string of the molecule is Cc1ccc(Cn2c(CO)cnc2SCC(=O)NC2CCCC2)cc1. The van der Waals surface area contributed by atoms with E-state index in [2.05, 4.69) is 41.5 Å². The van der Waals surface area contributed by atoms with Crippen molar-refractivity contribution in [1.82, 2.24) is 14.9 Å². The third-order valence-electron chi connectivity index (χ3n) is 4.58. The van der Waals surface area contributed by atoms with Gasteiger partial charge >= 0.3 is 0 Å². The van der Waals surface area contributed by atoms with Gasteiger partial charge in [0.2, 0.25) is 5.91 Å². The van der Waals surface area contributed by atoms with Crippen molar-refractivity contribution in [2.24, 2.45) is 0 Å². The maximum absolute atomic E-state index is 12.1. The summed E-state index contributed by atoms with van der Waals surface area (Å²) in [5, 5.41) is 13.4. The molecule has 0 spiro atoms. The molecule has 1 saturated carbocycles. The van der Waals surface area contributed by atoms with Gasteiger partial charge in [0.05, 0.1) is 24.3 Å². The van der Waals surface area contributed by atoms with Crippen LogP contribution in [0.25, 0.3) is 0 Å². The number of aromatic nitrogens is 2. The molecule has 0 bridgehead atoms. The first-order valence-electron chi connectivity index (χ1n) is 8.78. The average Bonchev–Trinajstić information content (AvgIpc) is 3.25. The minimum absolute atomic E-state index is 0.0618. The van der Waals surface area contributed by atoms with Crippen molar-refractivity contribution in [1.29, 1.82) is 0 Å². The summed E-state index contributed by atoms with van der Waals surface area (Å²) >= 11 is 1.43. The third-order valence-corrected chi connectivity index (χ3v) is 5.57. The molecule has 1 aromatic heterocycles. The van der Waals surface area contributed by atoms with Crippen molar-refractivity contribution in [2.75, 3.05) is 5.75 Å². The van der Waals surface area contributed by atoms with Crippen LogP contribution in [0.2, 0.25) is 0 Å². The van der Waals surface area contributed by atoms with Gasteiger partial charge in [0.1, 0.15) is 0 Å². The Morgan fingerprint density at radius 3 is 2.72 bits per heavy atom. The standard InChI is InChI=1S/C19H25N3O2S/c1-14-6-8-15(9-7-14)11-22-17(12-23)10-20-19(22)25-13-18(24)21-16-4-2-3-5-16/h6-10,16,23H,2-5,11-13H2,1H3,(H,21,24). The molecule has 0 unspecified atom stereocenters. The van der Waals surface area contributed by atoms with Crippen LogP contribution in [0.15, 0.2) is 35.6 Å². The third kappa shape index (κ3) is 4.86. The van der Waals surface area contributed by atoms with Crippen LogP contribution in [0.5, 0.6) is 0 Å². The molecule has 134 valence electrons. The van der Waals surface area contributed by atoms with Crippen molar-refractivity contribution in [3.05, 3.63) is 47.3 Å². The van der Waals surface area contributed by atoms with E-state index in [1.165, 1.54) is 30.2 Å². The van der Waals surface area contributed by atoms with Gasteiger partial charge in [0.25, 0.3) is 0 Å². The molecular formula is C19H25N3O2S. The summed E-state index contributed by atoms with van der Waals surface area (Å²) in [6.45, 7) is 2.64. The number of aliphatic hydroxyl groups excluding tert-OH is 1. The molecule has 1 aliphatic rings. The molecule has 1 aromatic carbocycles. The summed E-state index contributed by atoms with van der Waals surface area (Å²) in [5.41, 5.74) is 3.13. The summed E-state index contributed by atoms with van der Waals surface area (Å²) in [6, 6.07) is 8.66. The number of thioether (sulfide) groups is 1. The van der Waals surface area contributed by atoms with Gasteiger partial charge in [-0.15, -0.1) is 0 Å². The van der Waals surface area contributed by atoms with Crippen LogP contribution >= 0.6 is 11.8 Å². The Hall–Kier alpha value is -1.79. The second-order valence-electron chi connectivity index (χ2n) is 6.60. The predicted octanol–water partition coefficient (Wildman–Crippen LogP) is 2.88. The molecule has 25 heavy (non-hydrogen) atoms. The molecule has 1 fully saturated rings. The molecule has 0 aliphatic heterocycles. The molecular weight excluding hydrogens is 334 g/mol. The number of carbonyl (C=O) groups excluding carboxylic acids is 1. The summed E-state index contributed by atoms with van der Waals surface area (Å²) in [5.74, 6) is 0.416. The number of aliphatic hydroxyl groups is 1. The van der Waals surface area contributed by atoms with Crippen molar-refractivity contribution in [2.45, 2.75) is 57.0 Å². The van der Waals surface area contributed by atoms with E-state index in [0.29, 0.717) is 18.3 Å². The fourth-order valence-corrected chi connectivity index (χ4v) is 3.96. The van der Waals surface area contributed by atoms with Crippen molar-refractivity contribution in [3.8, 4) is 0 Å². The largest absolute Gasteiger partial charge is 0.390 e. The van der Waals surface area contributed by atoms with Gasteiger partial charge in [-0.1, -0.05) is 54.4 Å². The highest BCUT2D eigenvalue weighted by Crippen LogP contribution is 2.22. The first kappa shape index (κ1) is 18.0. The van der Waals surface area contributed by atoms with E-state index in [0.717, 1.165) is 29.3 Å². The Bertz CT molecular complexity index is 706. The number of carbonyl (C=O) groups is 1. The molecule has 0 saturated heterocycles. The Labute approximate surface area is 152 Å². The zero-order valence-electron chi connectivity index (χ0n) is 14.6. The van der Waals surface area contributed by atoms with Crippen LogP contribution in [0.1, 0.15) is 42.5 Å². The second kappa shape index (κ2) is 8.54. The van der Waals surface area contributed by atoms with Crippen molar-refractivity contribution >= 4 is 17.7 Å². The highest BCUT2D eigenvalue weighted by Gasteiger charge is 2.18. The molecule has 2 aromatic rings. The Morgan fingerprint density at radius 1 is 1.32 bits per heavy atom. The normalized spacial score (nSPS) is 14.8. The van der Waals surface area contributed by atoms with Gasteiger partial charge in [-0.2, -0.15) is 0 Å². The first-order valence-corrected chi connectivity index (χ1v) is 9.77. The number of hydrogen-bond acceptors (Lipinski definition) is 4. The molecule has 6 heteroatoms. The van der Waals surface area contributed by atoms with Crippen LogP contribution in [-0.4, -0.2) is 32.4 Å². The van der Waals surface area contributed by atoms with Gasteiger partial charge in [-0.25, -0.2) is 4.98 Å². The van der Waals surface area contributed by atoms with E-state index < -0.39 is 0 Å². The maximum atomic E-state index is 12.1. The number of nitrogens with zero attached hydrogens (tertiary/aromatic N) is 2. The van der Waals surface area contributed by atoms with Crippen LogP contribution in [0.4, 0.5) is 0 Å². The highest BCUT2D eigenvalue weighted by atomic mass is 32.2. The van der Waals surface area contributed by atoms with E-state index in [4.69, 9.17) is 0 Å². The monoisotopic (exact) mass is 359 g/mol. The fourth-order valence-electron chi connectivity index (χ4n) is 3.15. The van der Waals surface area contributed by atoms with Gasteiger partial charge in [-0.3, -0.25) is 4.79 Å². The summed E-state index contributed by atoms with van der Waals surface area (Å²) in [4.78, 5) is 16.5. The zero-order valence-corrected chi connectivity index (χ0v) is 15.4. The minimum Gasteiger partial charge on any atom is -0.390 e. The van der Waals surface area contributed by atoms with E-state index in [-0.39, 0.29) is 12.5 Å². The number of nitrogens with one attached hydrogen (secondary N) is 1. The molecule has 1 aliphatic carbocycles. The highest BCUT2D eigenvalue weighted by molar-refractivity contribution is 7.99. The maximum Gasteiger partial charge on any atom is 0.230 e. The quantitative estimate of drug-likeness (QED) is 0.746. The van der Waals surface area contributed by atoms with Gasteiger partial charge in [-0.05, 0) is 25.3 Å². The summed E-state index contributed by atoms with van der Waals surface area (Å²) in [6.07, 6.45) is 6.28. The topological polar surface area (TPSA) is 67.1 Å². The van der Waals surface area contributed by atoms with Crippen LogP contribution < -0.4 is 5.32 Å². The average molecular weight is 359 g/mol. The van der Waals surface area contributed by atoms with Crippen molar-refractivity contribution < 1.29 is 9.90 Å². The number of imidazole rings is 1. The van der Waals surface area contributed by atoms with Crippen LogP contribution in [0, 0.1) is 6.92 Å². The molecule has 3 rings (SSSR count). The predicted molar refractivity (Wildman–Crippen MR) is 99.6 cm³/mol. The van der Waals surface area contributed by atoms with Gasteiger partial charge < -0.3 is 15.0 Å². The lowest BCUT2D eigenvalue weighted by atomic mass is 10.1. The summed E-state index contributed by atoms with van der Waals surface area (Å²) in [7, 11) is 0. The number of aryl methyl sites for hydroxylation is 1. The minimum atomic E-state index is -0.0618. The smallest absolute Gasteiger partial charge is 0.230 e. The second-order valence-corrected chi connectivity index (χ2v) is 7.54. The van der Waals surface area contributed by atoms with Crippen LogP contribution in [0.3, 0.4) is 0 Å². The summed E-state index contributed by atoms with van der Waals surface area (Å²) < 4.78 is 1.98. The van der Waals surface area contributed by atoms with Crippen molar-refractivity contribution in [3.63, 3.8) is 0 Å². The van der Waals surface area contributed by atoms with E-state index >= 15 is 0 Å². The molecule has 2 N–H and O–H groups in total. The molecule has 1 amide bonds. The Kier molecular flexibility index (Phi) is 6.15. The lowest BCUT2D eigenvalue weighted by molar-refractivity contribution is -0.119. The molecule has 0 atom stereocenters. The van der Waals surface area contributed by atoms with Gasteiger partial charge in [0.15, 0.2) is 5.16 Å². The number of hydrogen-bond donors (Lipinski definition) is 2. The lowest BCUT2D eigenvalue weighted by Gasteiger charge is -2.13. The van der Waals surface area contributed by atoms with E-state index in [9.17, 15) is 9.90 Å². The van der Waals surface area contributed by atoms with Crippen LogP contribution in [-0.2, 0) is 17.9 Å².